The summed E-state index contributed by atoms with van der Waals surface area (Å²) in [5.74, 6) is 0.544. The van der Waals surface area contributed by atoms with Gasteiger partial charge in [0.1, 0.15) is 4.64 Å². The van der Waals surface area contributed by atoms with Gasteiger partial charge >= 0.3 is 0 Å². The van der Waals surface area contributed by atoms with Gasteiger partial charge in [-0.3, -0.25) is 5.10 Å². The second-order valence-corrected chi connectivity index (χ2v) is 5.72. The molecule has 1 N–H and O–H groups in total. The normalized spacial score (nSPS) is 11.3. The van der Waals surface area contributed by atoms with E-state index >= 15 is 0 Å². The molecule has 0 aliphatic rings. The number of aromatic amines is 1. The molecule has 0 saturated carbocycles. The Hall–Kier alpha value is -2.28. The summed E-state index contributed by atoms with van der Waals surface area (Å²) in [6.07, 6.45) is 2.77. The maximum atomic E-state index is 5.59. The van der Waals surface area contributed by atoms with Gasteiger partial charge in [-0.1, -0.05) is 37.3 Å². The molecule has 3 aromatic rings. The Kier molecular flexibility index (Phi) is 3.89. The second kappa shape index (κ2) is 5.84. The van der Waals surface area contributed by atoms with Gasteiger partial charge in [-0.25, -0.2) is 4.68 Å². The van der Waals surface area contributed by atoms with Gasteiger partial charge in [-0.2, -0.15) is 4.80 Å². The number of nitrogens with one attached hydrogen (secondary N) is 1. The highest BCUT2D eigenvalue weighted by Gasteiger charge is 2.14. The van der Waals surface area contributed by atoms with E-state index in [9.17, 15) is 0 Å². The van der Waals surface area contributed by atoms with E-state index in [1.165, 1.54) is 5.56 Å². The Morgan fingerprint density at radius 1 is 1.27 bits per heavy atom. The van der Waals surface area contributed by atoms with E-state index in [0.29, 0.717) is 10.5 Å². The SMILES string of the molecule is CCc1ccccc1-n1[nH]cc(-c2nnn(C(C)C)n2)c1=S. The Labute approximate surface area is 133 Å². The summed E-state index contributed by atoms with van der Waals surface area (Å²) in [5.41, 5.74) is 3.07. The Bertz CT molecular complexity index is 842. The molecule has 0 aliphatic heterocycles. The van der Waals surface area contributed by atoms with E-state index in [4.69, 9.17) is 12.2 Å². The van der Waals surface area contributed by atoms with E-state index in [0.717, 1.165) is 17.7 Å². The molecule has 0 saturated heterocycles. The molecule has 0 fully saturated rings. The van der Waals surface area contributed by atoms with E-state index in [-0.39, 0.29) is 6.04 Å². The van der Waals surface area contributed by atoms with Gasteiger partial charge in [0.25, 0.3) is 0 Å². The number of hydrogen-bond donors (Lipinski definition) is 1. The minimum absolute atomic E-state index is 0.168. The summed E-state index contributed by atoms with van der Waals surface area (Å²) < 4.78 is 2.55. The number of aromatic nitrogens is 6. The van der Waals surface area contributed by atoms with Crippen LogP contribution in [-0.4, -0.2) is 30.0 Å². The first-order valence-electron chi connectivity index (χ1n) is 7.30. The number of benzene rings is 1. The number of para-hydroxylation sites is 1. The Morgan fingerprint density at radius 2 is 2.05 bits per heavy atom. The first-order valence-corrected chi connectivity index (χ1v) is 7.71. The van der Waals surface area contributed by atoms with Crippen LogP contribution in [0.1, 0.15) is 32.4 Å². The lowest BCUT2D eigenvalue weighted by Crippen LogP contribution is -2.04. The topological polar surface area (TPSA) is 64.3 Å². The molecular formula is C15H18N6S. The molecule has 0 bridgehead atoms. The third-order valence-electron chi connectivity index (χ3n) is 3.52. The van der Waals surface area contributed by atoms with E-state index in [1.54, 1.807) is 4.80 Å². The predicted molar refractivity (Wildman–Crippen MR) is 87.5 cm³/mol. The van der Waals surface area contributed by atoms with Gasteiger partial charge in [-0.15, -0.1) is 10.2 Å². The lowest BCUT2D eigenvalue weighted by molar-refractivity contribution is 0.455. The molecule has 114 valence electrons. The highest BCUT2D eigenvalue weighted by molar-refractivity contribution is 7.71. The van der Waals surface area contributed by atoms with Crippen molar-refractivity contribution in [3.05, 3.63) is 40.7 Å². The smallest absolute Gasteiger partial charge is 0.209 e. The van der Waals surface area contributed by atoms with Gasteiger partial charge < -0.3 is 0 Å². The van der Waals surface area contributed by atoms with Crippen LogP contribution in [0.5, 0.6) is 0 Å². The van der Waals surface area contributed by atoms with Crippen molar-refractivity contribution < 1.29 is 0 Å². The zero-order valence-corrected chi connectivity index (χ0v) is 13.6. The van der Waals surface area contributed by atoms with Crippen LogP contribution in [0.25, 0.3) is 17.1 Å². The van der Waals surface area contributed by atoms with Crippen LogP contribution in [0.15, 0.2) is 30.5 Å². The fraction of sp³-hybridized carbons (Fsp3) is 0.333. The first-order chi connectivity index (χ1) is 10.6. The number of hydrogen-bond acceptors (Lipinski definition) is 4. The monoisotopic (exact) mass is 314 g/mol. The molecule has 2 heterocycles. The molecule has 0 amide bonds. The minimum Gasteiger partial charge on any atom is -0.299 e. The van der Waals surface area contributed by atoms with Crippen LogP contribution in [0, 0.1) is 4.64 Å². The summed E-state index contributed by atoms with van der Waals surface area (Å²) >= 11 is 5.59. The van der Waals surface area contributed by atoms with Crippen molar-refractivity contribution >= 4 is 12.2 Å². The average Bonchev–Trinajstić information content (AvgIpc) is 3.14. The summed E-state index contributed by atoms with van der Waals surface area (Å²) in [4.78, 5) is 1.58. The first kappa shape index (κ1) is 14.6. The number of tetrazole rings is 1. The van der Waals surface area contributed by atoms with Crippen LogP contribution < -0.4 is 0 Å². The standard InChI is InChI=1S/C15H18N6S/c1-4-11-7-5-6-8-13(11)20-15(22)12(9-16-20)14-17-19-21(18-14)10(2)3/h5-10,16H,4H2,1-3H3. The quantitative estimate of drug-likeness (QED) is 0.750. The molecule has 0 radical (unpaired) electrons. The minimum atomic E-state index is 0.168. The maximum Gasteiger partial charge on any atom is 0.209 e. The number of H-pyrrole nitrogens is 1. The maximum absolute atomic E-state index is 5.59. The van der Waals surface area contributed by atoms with Crippen LogP contribution in [0.2, 0.25) is 0 Å². The zero-order valence-electron chi connectivity index (χ0n) is 12.8. The molecule has 0 unspecified atom stereocenters. The van der Waals surface area contributed by atoms with Gasteiger partial charge in [0.15, 0.2) is 0 Å². The summed E-state index contributed by atoms with van der Waals surface area (Å²) in [5, 5.41) is 15.7. The highest BCUT2D eigenvalue weighted by Crippen LogP contribution is 2.21. The van der Waals surface area contributed by atoms with Crippen molar-refractivity contribution in [3.8, 4) is 17.1 Å². The molecule has 0 spiro atoms. The molecule has 22 heavy (non-hydrogen) atoms. The van der Waals surface area contributed by atoms with Crippen LogP contribution in [-0.2, 0) is 6.42 Å². The van der Waals surface area contributed by atoms with Crippen molar-refractivity contribution in [2.24, 2.45) is 0 Å². The van der Waals surface area contributed by atoms with E-state index in [1.807, 2.05) is 42.9 Å². The molecule has 0 aliphatic carbocycles. The number of nitrogens with zero attached hydrogens (tertiary/aromatic N) is 5. The number of aryl methyl sites for hydroxylation is 1. The van der Waals surface area contributed by atoms with Crippen LogP contribution >= 0.6 is 12.2 Å². The Balaban J connectivity index is 2.07. The highest BCUT2D eigenvalue weighted by atomic mass is 32.1. The molecular weight excluding hydrogens is 296 g/mol. The molecule has 6 nitrogen and oxygen atoms in total. The fourth-order valence-electron chi connectivity index (χ4n) is 2.29. The van der Waals surface area contributed by atoms with Crippen LogP contribution in [0.3, 0.4) is 0 Å². The number of rotatable bonds is 4. The lowest BCUT2D eigenvalue weighted by Gasteiger charge is -2.08. The fourth-order valence-corrected chi connectivity index (χ4v) is 2.59. The molecule has 0 atom stereocenters. The molecule has 1 aromatic carbocycles. The molecule has 3 rings (SSSR count). The zero-order chi connectivity index (χ0) is 15.7. The molecule has 7 heteroatoms. The van der Waals surface area contributed by atoms with Gasteiger partial charge in [0.05, 0.1) is 17.3 Å². The molecule has 2 aromatic heterocycles. The third kappa shape index (κ3) is 2.48. The van der Waals surface area contributed by atoms with Crippen molar-refractivity contribution in [3.63, 3.8) is 0 Å². The second-order valence-electron chi connectivity index (χ2n) is 5.34. The van der Waals surface area contributed by atoms with Gasteiger partial charge in [0.2, 0.25) is 5.82 Å². The van der Waals surface area contributed by atoms with Crippen molar-refractivity contribution in [1.29, 1.82) is 0 Å². The largest absolute Gasteiger partial charge is 0.299 e. The Morgan fingerprint density at radius 3 is 2.73 bits per heavy atom. The predicted octanol–water partition coefficient (Wildman–Crippen LogP) is 3.33. The van der Waals surface area contributed by atoms with Crippen molar-refractivity contribution in [2.45, 2.75) is 33.2 Å². The third-order valence-corrected chi connectivity index (χ3v) is 3.92. The van der Waals surface area contributed by atoms with Gasteiger partial charge in [0, 0.05) is 6.20 Å². The lowest BCUT2D eigenvalue weighted by atomic mass is 10.1. The summed E-state index contributed by atoms with van der Waals surface area (Å²) in [6, 6.07) is 8.36. The van der Waals surface area contributed by atoms with Crippen molar-refractivity contribution in [1.82, 2.24) is 30.0 Å². The average molecular weight is 314 g/mol. The summed E-state index contributed by atoms with van der Waals surface area (Å²) in [6.45, 7) is 6.14. The summed E-state index contributed by atoms with van der Waals surface area (Å²) in [7, 11) is 0. The van der Waals surface area contributed by atoms with Gasteiger partial charge in [-0.05, 0) is 37.1 Å². The van der Waals surface area contributed by atoms with E-state index in [2.05, 4.69) is 33.5 Å². The van der Waals surface area contributed by atoms with Crippen molar-refractivity contribution in [2.75, 3.05) is 0 Å². The van der Waals surface area contributed by atoms with Crippen LogP contribution in [0.4, 0.5) is 0 Å². The van der Waals surface area contributed by atoms with E-state index < -0.39 is 0 Å².